The zero-order chi connectivity index (χ0) is 12.6. The van der Waals surface area contributed by atoms with Gasteiger partial charge in [0.15, 0.2) is 0 Å². The summed E-state index contributed by atoms with van der Waals surface area (Å²) in [6.45, 7) is 13.3. The minimum Gasteiger partial charge on any atom is -0.352 e. The lowest BCUT2D eigenvalue weighted by Crippen LogP contribution is -2.46. The van der Waals surface area contributed by atoms with Gasteiger partial charge in [-0.3, -0.25) is 4.79 Å². The molecule has 1 atom stereocenters. The first kappa shape index (κ1) is 15.2. The van der Waals surface area contributed by atoms with E-state index in [-0.39, 0.29) is 17.4 Å². The Morgan fingerprint density at radius 2 is 2.06 bits per heavy atom. The number of carbonyl (C=O) groups excluding carboxylic acids is 1. The molecule has 3 nitrogen and oxygen atoms in total. The number of carbonyl (C=O) groups is 1. The number of amides is 1. The predicted octanol–water partition coefficient (Wildman–Crippen LogP) is 2.09. The second-order valence-electron chi connectivity index (χ2n) is 5.11. The van der Waals surface area contributed by atoms with Crippen LogP contribution in [0.3, 0.4) is 0 Å². The molecule has 1 amide bonds. The lowest BCUT2D eigenvalue weighted by Gasteiger charge is -2.23. The first-order valence-corrected chi connectivity index (χ1v) is 6.04. The summed E-state index contributed by atoms with van der Waals surface area (Å²) in [6.07, 6.45) is 3.80. The number of nitrogens with one attached hydrogen (secondary N) is 2. The maximum Gasteiger partial charge on any atom is 0.225 e. The summed E-state index contributed by atoms with van der Waals surface area (Å²) in [5, 5.41) is 6.36. The van der Waals surface area contributed by atoms with E-state index < -0.39 is 0 Å². The zero-order valence-electron chi connectivity index (χ0n) is 11.1. The van der Waals surface area contributed by atoms with E-state index in [1.54, 1.807) is 0 Å². The van der Waals surface area contributed by atoms with Gasteiger partial charge >= 0.3 is 0 Å². The van der Waals surface area contributed by atoms with Crippen LogP contribution in [0, 0.1) is 5.41 Å². The second kappa shape index (κ2) is 7.44. The van der Waals surface area contributed by atoms with Crippen molar-refractivity contribution < 1.29 is 4.79 Å². The average Bonchev–Trinajstić information content (AvgIpc) is 2.20. The van der Waals surface area contributed by atoms with E-state index in [1.807, 2.05) is 26.8 Å². The van der Waals surface area contributed by atoms with Crippen LogP contribution in [0.5, 0.6) is 0 Å². The molecule has 0 aliphatic heterocycles. The van der Waals surface area contributed by atoms with Gasteiger partial charge in [0.2, 0.25) is 5.91 Å². The molecular weight excluding hydrogens is 200 g/mol. The Labute approximate surface area is 99.7 Å². The number of rotatable bonds is 7. The Morgan fingerprint density at radius 3 is 2.50 bits per heavy atom. The molecule has 0 saturated carbocycles. The van der Waals surface area contributed by atoms with Crippen LogP contribution in [0.4, 0.5) is 0 Å². The molecule has 0 aromatic heterocycles. The summed E-state index contributed by atoms with van der Waals surface area (Å²) >= 11 is 0. The lowest BCUT2D eigenvalue weighted by atomic mass is 9.95. The first-order chi connectivity index (χ1) is 7.41. The summed E-state index contributed by atoms with van der Waals surface area (Å²) in [6, 6.07) is 0.219. The van der Waals surface area contributed by atoms with Gasteiger partial charge in [-0.1, -0.05) is 33.8 Å². The van der Waals surface area contributed by atoms with Crippen molar-refractivity contribution in [2.45, 2.75) is 46.6 Å². The Hall–Kier alpha value is -0.830. The molecule has 94 valence electrons. The van der Waals surface area contributed by atoms with Crippen LogP contribution in [0.25, 0.3) is 0 Å². The number of hydrogen-bond donors (Lipinski definition) is 2. The summed E-state index contributed by atoms with van der Waals surface area (Å²) in [7, 11) is 0. The fraction of sp³-hybridized carbons (Fsp3) is 0.769. The highest BCUT2D eigenvalue weighted by Gasteiger charge is 2.22. The van der Waals surface area contributed by atoms with Gasteiger partial charge in [-0.05, 0) is 19.4 Å². The molecule has 0 bridgehead atoms. The molecule has 2 N–H and O–H groups in total. The number of hydrogen-bond acceptors (Lipinski definition) is 2. The van der Waals surface area contributed by atoms with Crippen LogP contribution >= 0.6 is 0 Å². The van der Waals surface area contributed by atoms with E-state index in [0.29, 0.717) is 0 Å². The fourth-order valence-corrected chi connectivity index (χ4v) is 1.18. The van der Waals surface area contributed by atoms with Gasteiger partial charge in [-0.25, -0.2) is 0 Å². The third-order valence-electron chi connectivity index (χ3n) is 2.43. The van der Waals surface area contributed by atoms with E-state index in [0.717, 1.165) is 25.9 Å². The molecule has 0 aromatic carbocycles. The molecule has 16 heavy (non-hydrogen) atoms. The van der Waals surface area contributed by atoms with Crippen molar-refractivity contribution in [1.82, 2.24) is 10.6 Å². The maximum atomic E-state index is 11.8. The summed E-state index contributed by atoms with van der Waals surface area (Å²) in [5.41, 5.74) is -0.311. The molecule has 0 radical (unpaired) electrons. The van der Waals surface area contributed by atoms with Crippen LogP contribution < -0.4 is 10.6 Å². The van der Waals surface area contributed by atoms with Gasteiger partial charge in [0.05, 0.1) is 0 Å². The van der Waals surface area contributed by atoms with Crippen LogP contribution in [-0.2, 0) is 4.79 Å². The molecule has 0 fully saturated rings. The van der Waals surface area contributed by atoms with Crippen LogP contribution in [-0.4, -0.2) is 25.0 Å². The van der Waals surface area contributed by atoms with Gasteiger partial charge in [0.1, 0.15) is 0 Å². The van der Waals surface area contributed by atoms with Crippen molar-refractivity contribution in [3.8, 4) is 0 Å². The third kappa shape index (κ3) is 6.62. The predicted molar refractivity (Wildman–Crippen MR) is 69.4 cm³/mol. The summed E-state index contributed by atoms with van der Waals surface area (Å²) in [4.78, 5) is 11.8. The molecule has 0 spiro atoms. The Bertz CT molecular complexity index is 218. The van der Waals surface area contributed by atoms with Crippen molar-refractivity contribution >= 4 is 5.91 Å². The van der Waals surface area contributed by atoms with Crippen molar-refractivity contribution in [3.63, 3.8) is 0 Å². The Kier molecular flexibility index (Phi) is 7.06. The van der Waals surface area contributed by atoms with Gasteiger partial charge in [-0.15, -0.1) is 6.58 Å². The van der Waals surface area contributed by atoms with Gasteiger partial charge < -0.3 is 10.6 Å². The molecule has 0 rings (SSSR count). The SMILES string of the molecule is C=CCCNCC(CC)NC(=O)C(C)(C)C. The molecular formula is C13H26N2O. The topological polar surface area (TPSA) is 41.1 Å². The fourth-order valence-electron chi connectivity index (χ4n) is 1.18. The monoisotopic (exact) mass is 226 g/mol. The van der Waals surface area contributed by atoms with Crippen molar-refractivity contribution in [2.24, 2.45) is 5.41 Å². The lowest BCUT2D eigenvalue weighted by molar-refractivity contribution is -0.129. The largest absolute Gasteiger partial charge is 0.352 e. The zero-order valence-corrected chi connectivity index (χ0v) is 11.1. The minimum atomic E-state index is -0.311. The Morgan fingerprint density at radius 1 is 1.44 bits per heavy atom. The minimum absolute atomic E-state index is 0.116. The van der Waals surface area contributed by atoms with E-state index >= 15 is 0 Å². The highest BCUT2D eigenvalue weighted by atomic mass is 16.2. The standard InChI is InChI=1S/C13H26N2O/c1-6-8-9-14-10-11(7-2)15-12(16)13(3,4)5/h6,11,14H,1,7-10H2,2-5H3,(H,15,16). The molecule has 1 unspecified atom stereocenters. The van der Waals surface area contributed by atoms with E-state index in [4.69, 9.17) is 0 Å². The highest BCUT2D eigenvalue weighted by Crippen LogP contribution is 2.13. The van der Waals surface area contributed by atoms with Gasteiger partial charge in [0.25, 0.3) is 0 Å². The van der Waals surface area contributed by atoms with E-state index in [1.165, 1.54) is 0 Å². The smallest absolute Gasteiger partial charge is 0.225 e. The van der Waals surface area contributed by atoms with Crippen molar-refractivity contribution in [3.05, 3.63) is 12.7 Å². The molecule has 0 heterocycles. The summed E-state index contributed by atoms with van der Waals surface area (Å²) in [5.74, 6) is 0.116. The molecule has 0 aliphatic carbocycles. The molecule has 0 aromatic rings. The first-order valence-electron chi connectivity index (χ1n) is 6.04. The van der Waals surface area contributed by atoms with Crippen molar-refractivity contribution in [2.75, 3.05) is 13.1 Å². The molecule has 0 saturated heterocycles. The van der Waals surface area contributed by atoms with Gasteiger partial charge in [0, 0.05) is 18.0 Å². The molecule has 3 heteroatoms. The Balaban J connectivity index is 3.91. The quantitative estimate of drug-likeness (QED) is 0.515. The normalized spacial score (nSPS) is 13.2. The van der Waals surface area contributed by atoms with Crippen LogP contribution in [0.15, 0.2) is 12.7 Å². The van der Waals surface area contributed by atoms with E-state index in [9.17, 15) is 4.79 Å². The summed E-state index contributed by atoms with van der Waals surface area (Å²) < 4.78 is 0. The van der Waals surface area contributed by atoms with Gasteiger partial charge in [-0.2, -0.15) is 0 Å². The van der Waals surface area contributed by atoms with E-state index in [2.05, 4.69) is 24.1 Å². The second-order valence-corrected chi connectivity index (χ2v) is 5.11. The van der Waals surface area contributed by atoms with Crippen LogP contribution in [0.2, 0.25) is 0 Å². The maximum absolute atomic E-state index is 11.8. The van der Waals surface area contributed by atoms with Crippen molar-refractivity contribution in [1.29, 1.82) is 0 Å². The highest BCUT2D eigenvalue weighted by molar-refractivity contribution is 5.81. The molecule has 0 aliphatic rings. The van der Waals surface area contributed by atoms with Crippen LogP contribution in [0.1, 0.15) is 40.5 Å². The average molecular weight is 226 g/mol. The third-order valence-corrected chi connectivity index (χ3v) is 2.43.